The molecule has 0 unspecified atom stereocenters. The molecule has 0 saturated carbocycles. The van der Waals surface area contributed by atoms with E-state index in [-0.39, 0.29) is 18.1 Å². The summed E-state index contributed by atoms with van der Waals surface area (Å²) in [7, 11) is 0. The van der Waals surface area contributed by atoms with E-state index in [1.165, 1.54) is 23.1 Å². The van der Waals surface area contributed by atoms with Gasteiger partial charge in [-0.05, 0) is 47.4 Å². The standard InChI is InChI=1S/C25H21FN2O2/c1-16-7-2-3-10-19(16)20-11-4-5-12-21(20)24-22(14-27)28(23(24)15-29)25(30)17-8-6-9-18(26)13-17/h2-13,22-24,29H,15H2,1H3/t22-,23+,24+/m1/s1. The quantitative estimate of drug-likeness (QED) is 0.710. The van der Waals surface area contributed by atoms with Gasteiger partial charge in [-0.3, -0.25) is 4.79 Å². The average molecular weight is 400 g/mol. The smallest absolute Gasteiger partial charge is 0.255 e. The Balaban J connectivity index is 1.74. The molecule has 1 aliphatic rings. The second kappa shape index (κ2) is 8.10. The Bertz CT molecular complexity index is 1140. The van der Waals surface area contributed by atoms with Crippen LogP contribution in [0.2, 0.25) is 0 Å². The zero-order valence-corrected chi connectivity index (χ0v) is 16.5. The number of nitriles is 1. The van der Waals surface area contributed by atoms with Crippen LogP contribution in [0.4, 0.5) is 4.39 Å². The monoisotopic (exact) mass is 400 g/mol. The van der Waals surface area contributed by atoms with Crippen molar-refractivity contribution in [1.82, 2.24) is 4.90 Å². The number of benzene rings is 3. The van der Waals surface area contributed by atoms with Crippen molar-refractivity contribution in [3.63, 3.8) is 0 Å². The van der Waals surface area contributed by atoms with E-state index >= 15 is 0 Å². The number of rotatable bonds is 4. The van der Waals surface area contributed by atoms with Crippen LogP contribution < -0.4 is 0 Å². The van der Waals surface area contributed by atoms with E-state index in [9.17, 15) is 19.6 Å². The van der Waals surface area contributed by atoms with Crippen LogP contribution in [0.3, 0.4) is 0 Å². The molecule has 1 fully saturated rings. The molecule has 1 saturated heterocycles. The molecule has 3 atom stereocenters. The molecule has 5 heteroatoms. The molecule has 0 bridgehead atoms. The second-order valence-corrected chi connectivity index (χ2v) is 7.47. The maximum atomic E-state index is 13.6. The molecule has 3 aromatic carbocycles. The van der Waals surface area contributed by atoms with Crippen molar-refractivity contribution in [3.05, 3.63) is 95.3 Å². The summed E-state index contributed by atoms with van der Waals surface area (Å²) in [6, 6.07) is 22.1. The second-order valence-electron chi connectivity index (χ2n) is 7.47. The van der Waals surface area contributed by atoms with Gasteiger partial charge in [0.1, 0.15) is 11.9 Å². The molecule has 0 radical (unpaired) electrons. The zero-order chi connectivity index (χ0) is 21.3. The van der Waals surface area contributed by atoms with Crippen molar-refractivity contribution < 1.29 is 14.3 Å². The van der Waals surface area contributed by atoms with Gasteiger partial charge in [-0.25, -0.2) is 4.39 Å². The molecule has 1 aliphatic heterocycles. The highest BCUT2D eigenvalue weighted by atomic mass is 19.1. The van der Waals surface area contributed by atoms with E-state index in [4.69, 9.17) is 0 Å². The van der Waals surface area contributed by atoms with Gasteiger partial charge in [0.15, 0.2) is 0 Å². The average Bonchev–Trinajstić information content (AvgIpc) is 2.74. The number of hydrogen-bond acceptors (Lipinski definition) is 3. The highest BCUT2D eigenvalue weighted by Gasteiger charge is 2.52. The number of carbonyl (C=O) groups is 1. The summed E-state index contributed by atoms with van der Waals surface area (Å²) in [6.07, 6.45) is 0. The van der Waals surface area contributed by atoms with Gasteiger partial charge in [0, 0.05) is 11.5 Å². The van der Waals surface area contributed by atoms with Crippen molar-refractivity contribution >= 4 is 5.91 Å². The lowest BCUT2D eigenvalue weighted by Crippen LogP contribution is -2.65. The van der Waals surface area contributed by atoms with Gasteiger partial charge in [0.05, 0.1) is 18.7 Å². The Morgan fingerprint density at radius 2 is 1.77 bits per heavy atom. The van der Waals surface area contributed by atoms with E-state index in [0.29, 0.717) is 0 Å². The summed E-state index contributed by atoms with van der Waals surface area (Å²) in [4.78, 5) is 14.4. The van der Waals surface area contributed by atoms with Crippen molar-refractivity contribution in [3.8, 4) is 17.2 Å². The molecular weight excluding hydrogens is 379 g/mol. The number of amides is 1. The van der Waals surface area contributed by atoms with E-state index in [2.05, 4.69) is 6.07 Å². The number of aliphatic hydroxyl groups is 1. The number of halogens is 1. The van der Waals surface area contributed by atoms with Crippen molar-refractivity contribution in [2.75, 3.05) is 6.61 Å². The van der Waals surface area contributed by atoms with Crippen LogP contribution in [-0.4, -0.2) is 34.6 Å². The predicted octanol–water partition coefficient (Wildman–Crippen LogP) is 4.29. The van der Waals surface area contributed by atoms with Crippen LogP contribution in [0, 0.1) is 24.1 Å². The van der Waals surface area contributed by atoms with Crippen LogP contribution in [0.25, 0.3) is 11.1 Å². The number of aliphatic hydroxyl groups excluding tert-OH is 1. The summed E-state index contributed by atoms with van der Waals surface area (Å²) >= 11 is 0. The van der Waals surface area contributed by atoms with Crippen molar-refractivity contribution in [1.29, 1.82) is 5.26 Å². The normalized spacial score (nSPS) is 20.3. The number of likely N-dealkylation sites (tertiary alicyclic amines) is 1. The third kappa shape index (κ3) is 3.26. The molecule has 0 aliphatic carbocycles. The molecule has 150 valence electrons. The van der Waals surface area contributed by atoms with Crippen LogP contribution in [0.5, 0.6) is 0 Å². The molecule has 3 aromatic rings. The Labute approximate surface area is 174 Å². The highest BCUT2D eigenvalue weighted by molar-refractivity contribution is 5.96. The molecule has 1 heterocycles. The molecular formula is C25H21FN2O2. The first-order valence-electron chi connectivity index (χ1n) is 9.80. The van der Waals surface area contributed by atoms with Gasteiger partial charge in [-0.15, -0.1) is 0 Å². The summed E-state index contributed by atoms with van der Waals surface area (Å²) in [6.45, 7) is 1.74. The lowest BCUT2D eigenvalue weighted by Gasteiger charge is -2.52. The van der Waals surface area contributed by atoms with Gasteiger partial charge in [0.2, 0.25) is 0 Å². The SMILES string of the molecule is Cc1ccccc1-c1ccccc1[C@H]1[C@@H](C#N)N(C(=O)c2cccc(F)c2)[C@H]1CO. The van der Waals surface area contributed by atoms with Crippen LogP contribution in [0.15, 0.2) is 72.8 Å². The topological polar surface area (TPSA) is 64.3 Å². The van der Waals surface area contributed by atoms with E-state index in [1.807, 2.05) is 55.5 Å². The Kier molecular flexibility index (Phi) is 5.35. The van der Waals surface area contributed by atoms with Crippen LogP contribution >= 0.6 is 0 Å². The van der Waals surface area contributed by atoms with Crippen LogP contribution in [-0.2, 0) is 0 Å². The molecule has 1 N–H and O–H groups in total. The van der Waals surface area contributed by atoms with Crippen molar-refractivity contribution in [2.24, 2.45) is 0 Å². The Morgan fingerprint density at radius 1 is 1.07 bits per heavy atom. The molecule has 4 nitrogen and oxygen atoms in total. The minimum atomic E-state index is -0.747. The largest absolute Gasteiger partial charge is 0.394 e. The fraction of sp³-hybridized carbons (Fsp3) is 0.200. The number of hydrogen-bond donors (Lipinski definition) is 1. The fourth-order valence-electron chi connectivity index (χ4n) is 4.34. The van der Waals surface area contributed by atoms with Crippen LogP contribution in [0.1, 0.15) is 27.4 Å². The van der Waals surface area contributed by atoms with Gasteiger partial charge in [-0.2, -0.15) is 5.26 Å². The van der Waals surface area contributed by atoms with E-state index < -0.39 is 23.8 Å². The minimum absolute atomic E-state index is 0.166. The summed E-state index contributed by atoms with van der Waals surface area (Å²) < 4.78 is 13.6. The third-order valence-corrected chi connectivity index (χ3v) is 5.79. The zero-order valence-electron chi connectivity index (χ0n) is 16.5. The predicted molar refractivity (Wildman–Crippen MR) is 112 cm³/mol. The van der Waals surface area contributed by atoms with Crippen molar-refractivity contribution in [2.45, 2.75) is 24.9 Å². The lowest BCUT2D eigenvalue weighted by atomic mass is 9.73. The highest BCUT2D eigenvalue weighted by Crippen LogP contribution is 2.45. The molecule has 1 amide bonds. The first kappa shape index (κ1) is 19.8. The first-order chi connectivity index (χ1) is 14.6. The fourth-order valence-corrected chi connectivity index (χ4v) is 4.34. The van der Waals surface area contributed by atoms with E-state index in [1.54, 1.807) is 0 Å². The summed E-state index contributed by atoms with van der Waals surface area (Å²) in [5.41, 5.74) is 4.22. The summed E-state index contributed by atoms with van der Waals surface area (Å²) in [5, 5.41) is 20.0. The van der Waals surface area contributed by atoms with Gasteiger partial charge in [-0.1, -0.05) is 54.6 Å². The molecule has 4 rings (SSSR count). The summed E-state index contributed by atoms with van der Waals surface area (Å²) in [5.74, 6) is -1.31. The van der Waals surface area contributed by atoms with Gasteiger partial charge < -0.3 is 10.0 Å². The first-order valence-corrected chi connectivity index (χ1v) is 9.80. The maximum absolute atomic E-state index is 13.6. The Hall–Kier alpha value is -3.49. The maximum Gasteiger partial charge on any atom is 0.255 e. The molecule has 0 aromatic heterocycles. The number of nitrogens with zero attached hydrogens (tertiary/aromatic N) is 2. The molecule has 30 heavy (non-hydrogen) atoms. The minimum Gasteiger partial charge on any atom is -0.394 e. The van der Waals surface area contributed by atoms with Gasteiger partial charge in [0.25, 0.3) is 5.91 Å². The number of aryl methyl sites for hydroxylation is 1. The lowest BCUT2D eigenvalue weighted by molar-refractivity contribution is -0.00574. The Morgan fingerprint density at radius 3 is 2.43 bits per heavy atom. The molecule has 0 spiro atoms. The van der Waals surface area contributed by atoms with E-state index in [0.717, 1.165) is 28.3 Å². The number of carbonyl (C=O) groups excluding carboxylic acids is 1. The third-order valence-electron chi connectivity index (χ3n) is 5.79. The van der Waals surface area contributed by atoms with Gasteiger partial charge >= 0.3 is 0 Å².